The monoisotopic (exact) mass is 547 g/mol. The fourth-order valence-corrected chi connectivity index (χ4v) is 5.53. The van der Waals surface area contributed by atoms with Gasteiger partial charge in [0.1, 0.15) is 29.2 Å². The number of aromatic nitrogens is 4. The van der Waals surface area contributed by atoms with Gasteiger partial charge in [0.25, 0.3) is 0 Å². The zero-order valence-corrected chi connectivity index (χ0v) is 22.8. The summed E-state index contributed by atoms with van der Waals surface area (Å²) in [6.07, 6.45) is 2.62. The minimum absolute atomic E-state index is 0.0201. The average Bonchev–Trinajstić information content (AvgIpc) is 3.27. The Balaban J connectivity index is 1.24. The van der Waals surface area contributed by atoms with E-state index >= 15 is 0 Å². The SMILES string of the molecule is C=CC(=O)NCC(=O)N1C[C@@H]2[C@@H](C#Cc3c(-c4ccc(Oc5cccc(C)n5)cc4)c4c(N)ncnc4n3C)[C@@H]2C1. The number of hydrogen-bond donors (Lipinski definition) is 2. The van der Waals surface area contributed by atoms with Crippen molar-refractivity contribution in [2.24, 2.45) is 24.8 Å². The molecule has 1 aromatic carbocycles. The Morgan fingerprint density at radius 2 is 1.93 bits per heavy atom. The minimum Gasteiger partial charge on any atom is -0.439 e. The van der Waals surface area contributed by atoms with Crippen LogP contribution in [-0.2, 0) is 16.6 Å². The number of pyridine rings is 1. The predicted molar refractivity (Wildman–Crippen MR) is 155 cm³/mol. The van der Waals surface area contributed by atoms with Gasteiger partial charge in [-0.15, -0.1) is 0 Å². The van der Waals surface area contributed by atoms with Crippen molar-refractivity contribution in [3.05, 3.63) is 72.8 Å². The van der Waals surface area contributed by atoms with Crippen LogP contribution in [0.5, 0.6) is 11.6 Å². The lowest BCUT2D eigenvalue weighted by atomic mass is 10.0. The number of likely N-dealkylation sites (tertiary alicyclic amines) is 1. The molecule has 41 heavy (non-hydrogen) atoms. The molecule has 3 N–H and O–H groups in total. The van der Waals surface area contributed by atoms with E-state index in [9.17, 15) is 9.59 Å². The van der Waals surface area contributed by atoms with Gasteiger partial charge in [-0.05, 0) is 54.5 Å². The van der Waals surface area contributed by atoms with Crippen LogP contribution >= 0.6 is 0 Å². The van der Waals surface area contributed by atoms with Gasteiger partial charge in [0, 0.05) is 43.4 Å². The van der Waals surface area contributed by atoms with Crippen molar-refractivity contribution in [2.75, 3.05) is 25.4 Å². The van der Waals surface area contributed by atoms with E-state index in [1.807, 2.05) is 61.0 Å². The number of anilines is 1. The first-order valence-corrected chi connectivity index (χ1v) is 13.3. The predicted octanol–water partition coefficient (Wildman–Crippen LogP) is 3.07. The highest BCUT2D eigenvalue weighted by molar-refractivity contribution is 6.03. The largest absolute Gasteiger partial charge is 0.439 e. The number of ether oxygens (including phenoxy) is 1. The lowest BCUT2D eigenvalue weighted by molar-refractivity contribution is -0.131. The summed E-state index contributed by atoms with van der Waals surface area (Å²) in [6, 6.07) is 13.4. The van der Waals surface area contributed by atoms with E-state index in [1.54, 1.807) is 4.90 Å². The molecule has 6 rings (SSSR count). The number of piperidine rings is 1. The molecule has 2 amide bonds. The molecular formula is C31H29N7O3. The number of nitrogens with two attached hydrogens (primary N) is 1. The molecule has 4 aromatic rings. The van der Waals surface area contributed by atoms with Crippen LogP contribution in [0.4, 0.5) is 5.82 Å². The Kier molecular flexibility index (Phi) is 6.63. The van der Waals surface area contributed by atoms with Crippen LogP contribution in [-0.4, -0.2) is 55.9 Å². The number of rotatable bonds is 6. The molecule has 10 heteroatoms. The zero-order valence-electron chi connectivity index (χ0n) is 22.8. The summed E-state index contributed by atoms with van der Waals surface area (Å²) in [5.74, 6) is 8.88. The van der Waals surface area contributed by atoms with E-state index in [0.29, 0.717) is 48.0 Å². The second-order valence-corrected chi connectivity index (χ2v) is 10.3. The van der Waals surface area contributed by atoms with Crippen LogP contribution in [0.2, 0.25) is 0 Å². The van der Waals surface area contributed by atoms with Crippen molar-refractivity contribution in [1.82, 2.24) is 29.7 Å². The van der Waals surface area contributed by atoms with Gasteiger partial charge in [-0.25, -0.2) is 15.0 Å². The highest BCUT2D eigenvalue weighted by Crippen LogP contribution is 2.51. The van der Waals surface area contributed by atoms with E-state index < -0.39 is 0 Å². The molecule has 1 saturated heterocycles. The highest BCUT2D eigenvalue weighted by atomic mass is 16.5. The van der Waals surface area contributed by atoms with Gasteiger partial charge in [-0.2, -0.15) is 0 Å². The maximum absolute atomic E-state index is 12.4. The molecule has 0 bridgehead atoms. The summed E-state index contributed by atoms with van der Waals surface area (Å²) in [6.45, 7) is 6.59. The maximum Gasteiger partial charge on any atom is 0.243 e. The molecule has 4 heterocycles. The standard InChI is InChI=1S/C31H29N7O3/c1-4-25(39)33-14-27(40)38-15-22-21(23(22)16-38)12-13-24-28(29-30(32)34-17-35-31(29)37(24)3)19-8-10-20(11-9-19)41-26-7-5-6-18(2)36-26/h4-11,17,21-23H,1,14-16H2,2-3H3,(H,33,39)(H2,32,34,35)/t21-,22-,23+. The number of benzene rings is 1. The van der Waals surface area contributed by atoms with E-state index in [4.69, 9.17) is 10.5 Å². The third-order valence-corrected chi connectivity index (χ3v) is 7.73. The lowest BCUT2D eigenvalue weighted by Gasteiger charge is -2.18. The van der Waals surface area contributed by atoms with Gasteiger partial charge in [-0.1, -0.05) is 30.7 Å². The van der Waals surface area contributed by atoms with Gasteiger partial charge in [-0.3, -0.25) is 9.59 Å². The number of amides is 2. The number of carbonyl (C=O) groups is 2. The van der Waals surface area contributed by atoms with Gasteiger partial charge < -0.3 is 25.3 Å². The Labute approximate surface area is 237 Å². The molecular weight excluding hydrogens is 518 g/mol. The first-order valence-electron chi connectivity index (χ1n) is 13.3. The topological polar surface area (TPSA) is 128 Å². The molecule has 3 atom stereocenters. The van der Waals surface area contributed by atoms with Crippen LogP contribution < -0.4 is 15.8 Å². The second-order valence-electron chi connectivity index (χ2n) is 10.3. The maximum atomic E-state index is 12.4. The molecule has 3 aromatic heterocycles. The van der Waals surface area contributed by atoms with Crippen LogP contribution in [0, 0.1) is 36.5 Å². The van der Waals surface area contributed by atoms with Crippen molar-refractivity contribution < 1.29 is 14.3 Å². The summed E-state index contributed by atoms with van der Waals surface area (Å²) in [5, 5.41) is 3.30. The van der Waals surface area contributed by atoms with E-state index in [2.05, 4.69) is 38.7 Å². The first-order chi connectivity index (χ1) is 19.8. The molecule has 206 valence electrons. The number of fused-ring (bicyclic) bond motifs is 2. The Morgan fingerprint density at radius 1 is 1.17 bits per heavy atom. The quantitative estimate of drug-likeness (QED) is 0.280. The molecule has 0 radical (unpaired) electrons. The number of nitrogens with zero attached hydrogens (tertiary/aromatic N) is 5. The number of nitrogen functional groups attached to an aromatic ring is 1. The summed E-state index contributed by atoms with van der Waals surface area (Å²) in [5.41, 5.74) is 10.5. The third-order valence-electron chi connectivity index (χ3n) is 7.73. The Morgan fingerprint density at radius 3 is 2.63 bits per heavy atom. The molecule has 1 aliphatic carbocycles. The average molecular weight is 548 g/mol. The molecule has 2 aliphatic rings. The van der Waals surface area contributed by atoms with Crippen molar-refractivity contribution in [3.8, 4) is 34.6 Å². The van der Waals surface area contributed by atoms with Crippen molar-refractivity contribution in [2.45, 2.75) is 6.92 Å². The van der Waals surface area contributed by atoms with Gasteiger partial charge in [0.2, 0.25) is 17.7 Å². The molecule has 0 spiro atoms. The Hall–Kier alpha value is -5.17. The molecule has 1 aliphatic heterocycles. The number of carbonyl (C=O) groups excluding carboxylic acids is 2. The van der Waals surface area contributed by atoms with E-state index in [0.717, 1.165) is 34.0 Å². The smallest absolute Gasteiger partial charge is 0.243 e. The van der Waals surface area contributed by atoms with Crippen LogP contribution in [0.25, 0.3) is 22.2 Å². The van der Waals surface area contributed by atoms with Crippen LogP contribution in [0.3, 0.4) is 0 Å². The zero-order chi connectivity index (χ0) is 28.7. The fourth-order valence-electron chi connectivity index (χ4n) is 5.53. The summed E-state index contributed by atoms with van der Waals surface area (Å²) >= 11 is 0. The normalized spacial score (nSPS) is 18.8. The number of aryl methyl sites for hydroxylation is 2. The van der Waals surface area contributed by atoms with Crippen molar-refractivity contribution >= 4 is 28.7 Å². The Bertz CT molecular complexity index is 1740. The second kappa shape index (κ2) is 10.4. The van der Waals surface area contributed by atoms with Gasteiger partial charge in [0.05, 0.1) is 11.9 Å². The summed E-state index contributed by atoms with van der Waals surface area (Å²) < 4.78 is 7.89. The lowest BCUT2D eigenvalue weighted by Crippen LogP contribution is -2.39. The van der Waals surface area contributed by atoms with E-state index in [-0.39, 0.29) is 24.3 Å². The third kappa shape index (κ3) is 4.98. The first kappa shape index (κ1) is 26.1. The molecule has 0 unspecified atom stereocenters. The van der Waals surface area contributed by atoms with Gasteiger partial charge >= 0.3 is 0 Å². The number of nitrogens with one attached hydrogen (secondary N) is 1. The molecule has 10 nitrogen and oxygen atoms in total. The number of hydrogen-bond acceptors (Lipinski definition) is 7. The van der Waals surface area contributed by atoms with Gasteiger partial charge in [0.15, 0.2) is 0 Å². The van der Waals surface area contributed by atoms with Crippen LogP contribution in [0.1, 0.15) is 11.4 Å². The fraction of sp³-hybridized carbons (Fsp3) is 0.258. The van der Waals surface area contributed by atoms with Crippen molar-refractivity contribution in [1.29, 1.82) is 0 Å². The van der Waals surface area contributed by atoms with Crippen molar-refractivity contribution in [3.63, 3.8) is 0 Å². The summed E-state index contributed by atoms with van der Waals surface area (Å²) in [4.78, 5) is 38.7. The molecule has 1 saturated carbocycles. The molecule has 2 fully saturated rings. The summed E-state index contributed by atoms with van der Waals surface area (Å²) in [7, 11) is 1.93. The highest BCUT2D eigenvalue weighted by Gasteiger charge is 2.56. The van der Waals surface area contributed by atoms with E-state index in [1.165, 1.54) is 6.33 Å². The van der Waals surface area contributed by atoms with Crippen LogP contribution in [0.15, 0.2) is 61.4 Å². The minimum atomic E-state index is -0.354.